The molecule has 0 aliphatic heterocycles. The minimum Gasteiger partial charge on any atom is -0.207 e. The molecule has 0 heterocycles. The Morgan fingerprint density at radius 3 is 2.00 bits per heavy atom. The lowest BCUT2D eigenvalue weighted by Gasteiger charge is -2.20. The van der Waals surface area contributed by atoms with Gasteiger partial charge in [-0.3, -0.25) is 0 Å². The molecule has 118 valence electrons. The Bertz CT molecular complexity index is 692. The lowest BCUT2D eigenvalue weighted by atomic mass is 10.1. The second-order valence-corrected chi connectivity index (χ2v) is 8.74. The average Bonchev–Trinajstić information content (AvgIpc) is 2.90. The normalized spacial score (nSPS) is 17.5. The maximum absolute atomic E-state index is 12.8. The molecule has 5 nitrogen and oxygen atoms in total. The highest BCUT2D eigenvalue weighted by Gasteiger charge is 2.26. The van der Waals surface area contributed by atoms with Crippen LogP contribution in [0.2, 0.25) is 0 Å². The van der Waals surface area contributed by atoms with Crippen LogP contribution in [0.3, 0.4) is 0 Å². The molecule has 0 unspecified atom stereocenters. The van der Waals surface area contributed by atoms with E-state index in [4.69, 9.17) is 0 Å². The molecule has 1 aromatic rings. The van der Waals surface area contributed by atoms with E-state index >= 15 is 0 Å². The Balaban J connectivity index is 2.18. The predicted octanol–water partition coefficient (Wildman–Crippen LogP) is 2.16. The van der Waals surface area contributed by atoms with E-state index in [2.05, 4.69) is 0 Å². The zero-order valence-electron chi connectivity index (χ0n) is 11.7. The zero-order chi connectivity index (χ0) is 15.7. The standard InChI is InChI=1S/C13H18FNO4S2/c1-15(10-11-4-2-3-5-11)21(18,19)13-8-6-12(7-9-13)20(14,16)17/h6-9,11H,2-5,10H2,1H3. The molecule has 0 saturated heterocycles. The van der Waals surface area contributed by atoms with Crippen molar-refractivity contribution < 1.29 is 20.7 Å². The molecule has 0 spiro atoms. The van der Waals surface area contributed by atoms with E-state index in [1.807, 2.05) is 0 Å². The maximum atomic E-state index is 12.8. The molecule has 1 aliphatic rings. The fraction of sp³-hybridized carbons (Fsp3) is 0.538. The summed E-state index contributed by atoms with van der Waals surface area (Å²) in [4.78, 5) is -0.574. The molecule has 0 radical (unpaired) electrons. The van der Waals surface area contributed by atoms with Gasteiger partial charge in [0.15, 0.2) is 0 Å². The summed E-state index contributed by atoms with van der Waals surface area (Å²) in [6.07, 6.45) is 4.31. The second-order valence-electron chi connectivity index (χ2n) is 5.35. The van der Waals surface area contributed by atoms with Gasteiger partial charge in [0.2, 0.25) is 10.0 Å². The Hall–Kier alpha value is -0.990. The van der Waals surface area contributed by atoms with Crippen molar-refractivity contribution in [2.24, 2.45) is 5.92 Å². The fourth-order valence-corrected chi connectivity index (χ4v) is 4.32. The Kier molecular flexibility index (Phi) is 4.69. The van der Waals surface area contributed by atoms with Crippen molar-refractivity contribution in [1.29, 1.82) is 0 Å². The summed E-state index contributed by atoms with van der Waals surface area (Å²) < 4.78 is 60.3. The van der Waals surface area contributed by atoms with Crippen molar-refractivity contribution in [3.05, 3.63) is 24.3 Å². The largest absolute Gasteiger partial charge is 0.332 e. The van der Waals surface area contributed by atoms with Crippen LogP contribution < -0.4 is 0 Å². The van der Waals surface area contributed by atoms with Crippen molar-refractivity contribution in [1.82, 2.24) is 4.31 Å². The zero-order valence-corrected chi connectivity index (χ0v) is 13.3. The van der Waals surface area contributed by atoms with Gasteiger partial charge in [-0.05, 0) is 43.0 Å². The molecule has 0 bridgehead atoms. The Morgan fingerprint density at radius 2 is 1.52 bits per heavy atom. The number of halogens is 1. The van der Waals surface area contributed by atoms with Gasteiger partial charge in [-0.15, -0.1) is 3.89 Å². The first-order valence-electron chi connectivity index (χ1n) is 6.72. The van der Waals surface area contributed by atoms with Crippen LogP contribution in [-0.4, -0.2) is 34.7 Å². The minimum absolute atomic E-state index is 0.0320. The smallest absolute Gasteiger partial charge is 0.207 e. The predicted molar refractivity (Wildman–Crippen MR) is 76.5 cm³/mol. The number of nitrogens with zero attached hydrogens (tertiary/aromatic N) is 1. The molecule has 21 heavy (non-hydrogen) atoms. The van der Waals surface area contributed by atoms with Crippen LogP contribution in [0.1, 0.15) is 25.7 Å². The Morgan fingerprint density at radius 1 is 1.05 bits per heavy atom. The molecule has 1 saturated carbocycles. The molecule has 2 rings (SSSR count). The van der Waals surface area contributed by atoms with Gasteiger partial charge in [0.25, 0.3) is 0 Å². The lowest BCUT2D eigenvalue weighted by molar-refractivity contribution is 0.387. The highest BCUT2D eigenvalue weighted by molar-refractivity contribution is 7.89. The van der Waals surface area contributed by atoms with Crippen molar-refractivity contribution >= 4 is 20.2 Å². The molecule has 1 fully saturated rings. The third kappa shape index (κ3) is 3.81. The maximum Gasteiger partial charge on any atom is 0.332 e. The summed E-state index contributed by atoms with van der Waals surface area (Å²) in [5.41, 5.74) is 0. The molecule has 0 atom stereocenters. The summed E-state index contributed by atoms with van der Waals surface area (Å²) in [7, 11) is -6.98. The molecule has 1 aromatic carbocycles. The van der Waals surface area contributed by atoms with E-state index in [-0.39, 0.29) is 4.90 Å². The SMILES string of the molecule is CN(CC1CCCC1)S(=O)(=O)c1ccc(S(=O)(=O)F)cc1. The first-order chi connectivity index (χ1) is 9.71. The highest BCUT2D eigenvalue weighted by atomic mass is 32.3. The van der Waals surface area contributed by atoms with Gasteiger partial charge in [-0.25, -0.2) is 12.7 Å². The summed E-state index contributed by atoms with van der Waals surface area (Å²) in [6, 6.07) is 4.16. The van der Waals surface area contributed by atoms with Crippen LogP contribution in [0.15, 0.2) is 34.1 Å². The summed E-state index contributed by atoms with van der Waals surface area (Å²) in [6.45, 7) is 0.450. The molecule has 0 aromatic heterocycles. The van der Waals surface area contributed by atoms with Crippen molar-refractivity contribution in [3.63, 3.8) is 0 Å². The molecule has 1 aliphatic carbocycles. The lowest BCUT2D eigenvalue weighted by Crippen LogP contribution is -2.31. The molecular weight excluding hydrogens is 317 g/mol. The van der Waals surface area contributed by atoms with Crippen LogP contribution in [0.5, 0.6) is 0 Å². The van der Waals surface area contributed by atoms with Crippen LogP contribution in [-0.2, 0) is 20.2 Å². The minimum atomic E-state index is -4.81. The van der Waals surface area contributed by atoms with Crippen LogP contribution in [0.25, 0.3) is 0 Å². The Labute approximate surface area is 125 Å². The van der Waals surface area contributed by atoms with E-state index < -0.39 is 25.1 Å². The molecule has 0 N–H and O–H groups in total. The van der Waals surface area contributed by atoms with Gasteiger partial charge >= 0.3 is 10.2 Å². The van der Waals surface area contributed by atoms with Gasteiger partial charge in [0.1, 0.15) is 0 Å². The number of sulfonamides is 1. The molecular formula is C13H18FNO4S2. The van der Waals surface area contributed by atoms with E-state index in [0.717, 1.165) is 49.9 Å². The molecule has 0 amide bonds. The topological polar surface area (TPSA) is 71.5 Å². The van der Waals surface area contributed by atoms with Crippen molar-refractivity contribution in [3.8, 4) is 0 Å². The van der Waals surface area contributed by atoms with E-state index in [1.165, 1.54) is 11.4 Å². The van der Waals surface area contributed by atoms with Crippen LogP contribution in [0, 0.1) is 5.92 Å². The number of hydrogen-bond donors (Lipinski definition) is 0. The van der Waals surface area contributed by atoms with Crippen LogP contribution >= 0.6 is 0 Å². The molecule has 8 heteroatoms. The summed E-state index contributed by atoms with van der Waals surface area (Å²) >= 11 is 0. The van der Waals surface area contributed by atoms with Crippen LogP contribution in [0.4, 0.5) is 3.89 Å². The van der Waals surface area contributed by atoms with Gasteiger partial charge in [0, 0.05) is 13.6 Å². The van der Waals surface area contributed by atoms with Crippen molar-refractivity contribution in [2.75, 3.05) is 13.6 Å². The van der Waals surface area contributed by atoms with Gasteiger partial charge < -0.3 is 0 Å². The first-order valence-corrected chi connectivity index (χ1v) is 9.54. The van der Waals surface area contributed by atoms with E-state index in [1.54, 1.807) is 0 Å². The average molecular weight is 335 g/mol. The highest BCUT2D eigenvalue weighted by Crippen LogP contribution is 2.27. The van der Waals surface area contributed by atoms with Gasteiger partial charge in [-0.1, -0.05) is 12.8 Å². The van der Waals surface area contributed by atoms with E-state index in [0.29, 0.717) is 12.5 Å². The van der Waals surface area contributed by atoms with Gasteiger partial charge in [0.05, 0.1) is 9.79 Å². The second kappa shape index (κ2) is 6.02. The summed E-state index contributed by atoms with van der Waals surface area (Å²) in [5, 5.41) is 0. The fourth-order valence-electron chi connectivity index (χ4n) is 2.61. The number of benzene rings is 1. The third-order valence-corrected chi connectivity index (χ3v) is 6.48. The third-order valence-electron chi connectivity index (χ3n) is 3.80. The van der Waals surface area contributed by atoms with Gasteiger partial charge in [-0.2, -0.15) is 8.42 Å². The van der Waals surface area contributed by atoms with Crippen molar-refractivity contribution in [2.45, 2.75) is 35.5 Å². The number of hydrogen-bond acceptors (Lipinski definition) is 4. The quantitative estimate of drug-likeness (QED) is 0.773. The number of rotatable bonds is 5. The monoisotopic (exact) mass is 335 g/mol. The summed E-state index contributed by atoms with van der Waals surface area (Å²) in [5.74, 6) is 0.371. The first kappa shape index (κ1) is 16.4. The van der Waals surface area contributed by atoms with E-state index in [9.17, 15) is 20.7 Å².